The van der Waals surface area contributed by atoms with E-state index in [2.05, 4.69) is 10.6 Å². The fraction of sp³-hybridized carbons (Fsp3) is 0.250. The highest BCUT2D eigenvalue weighted by atomic mass is 19.1. The second kappa shape index (κ2) is 9.47. The minimum absolute atomic E-state index is 0.0794. The summed E-state index contributed by atoms with van der Waals surface area (Å²) in [5.41, 5.74) is 1.80. The molecule has 0 bridgehead atoms. The van der Waals surface area contributed by atoms with Gasteiger partial charge in [0.1, 0.15) is 5.82 Å². The molecule has 3 amide bonds. The van der Waals surface area contributed by atoms with E-state index in [4.69, 9.17) is 0 Å². The van der Waals surface area contributed by atoms with Gasteiger partial charge in [-0.15, -0.1) is 0 Å². The Balaban J connectivity index is 1.92. The van der Waals surface area contributed by atoms with Crippen LogP contribution in [0.1, 0.15) is 29.8 Å². The number of carbonyl (C=O) groups excluding carboxylic acids is 3. The largest absolute Gasteiger partial charge is 0.350 e. The summed E-state index contributed by atoms with van der Waals surface area (Å²) in [6.07, 6.45) is 0. The van der Waals surface area contributed by atoms with E-state index >= 15 is 0 Å². The average molecular weight is 371 g/mol. The maximum absolute atomic E-state index is 12.9. The van der Waals surface area contributed by atoms with Crippen LogP contribution < -0.4 is 10.6 Å². The number of hydrogen-bond donors (Lipinski definition) is 2. The maximum Gasteiger partial charge on any atom is 0.254 e. The van der Waals surface area contributed by atoms with Crippen LogP contribution in [-0.4, -0.2) is 35.7 Å². The van der Waals surface area contributed by atoms with E-state index in [-0.39, 0.29) is 36.6 Å². The minimum atomic E-state index is -0.336. The van der Waals surface area contributed by atoms with Crippen LogP contribution in [0.25, 0.3) is 0 Å². The number of halogens is 1. The minimum Gasteiger partial charge on any atom is -0.350 e. The predicted molar refractivity (Wildman–Crippen MR) is 101 cm³/mol. The highest BCUT2D eigenvalue weighted by Gasteiger charge is 2.17. The van der Waals surface area contributed by atoms with Gasteiger partial charge in [-0.05, 0) is 48.9 Å². The van der Waals surface area contributed by atoms with Gasteiger partial charge in [0.25, 0.3) is 5.91 Å². The SMILES string of the molecule is CCN(CC(=O)NCc1ccc(F)cc1)C(=O)c1ccc(NC(C)=O)cc1. The summed E-state index contributed by atoms with van der Waals surface area (Å²) >= 11 is 0. The zero-order valence-corrected chi connectivity index (χ0v) is 15.3. The standard InChI is InChI=1S/C20H22FN3O3/c1-3-24(13-19(26)22-12-15-4-8-17(21)9-5-15)20(27)16-6-10-18(11-7-16)23-14(2)25/h4-11H,3,12-13H2,1-2H3,(H,22,26)(H,23,25). The van der Waals surface area contributed by atoms with Crippen molar-refractivity contribution < 1.29 is 18.8 Å². The van der Waals surface area contributed by atoms with Crippen molar-refractivity contribution in [3.8, 4) is 0 Å². The number of likely N-dealkylation sites (N-methyl/N-ethyl adjacent to an activating group) is 1. The molecule has 0 fully saturated rings. The smallest absolute Gasteiger partial charge is 0.254 e. The molecule has 0 aliphatic heterocycles. The number of hydrogen-bond acceptors (Lipinski definition) is 3. The van der Waals surface area contributed by atoms with Crippen molar-refractivity contribution in [2.75, 3.05) is 18.4 Å². The van der Waals surface area contributed by atoms with Crippen LogP contribution in [0.4, 0.5) is 10.1 Å². The third-order valence-electron chi connectivity index (χ3n) is 3.86. The van der Waals surface area contributed by atoms with Gasteiger partial charge in [0.05, 0.1) is 6.54 Å². The van der Waals surface area contributed by atoms with Crippen molar-refractivity contribution in [1.82, 2.24) is 10.2 Å². The molecule has 0 aliphatic carbocycles. The Kier molecular flexibility index (Phi) is 7.05. The summed E-state index contributed by atoms with van der Waals surface area (Å²) in [5.74, 6) is -1.10. The first-order valence-corrected chi connectivity index (χ1v) is 8.57. The summed E-state index contributed by atoms with van der Waals surface area (Å²) in [6.45, 7) is 3.75. The van der Waals surface area contributed by atoms with Crippen molar-refractivity contribution in [3.63, 3.8) is 0 Å². The molecular weight excluding hydrogens is 349 g/mol. The van der Waals surface area contributed by atoms with E-state index in [1.807, 2.05) is 0 Å². The normalized spacial score (nSPS) is 10.2. The molecular formula is C20H22FN3O3. The van der Waals surface area contributed by atoms with Crippen molar-refractivity contribution in [3.05, 3.63) is 65.5 Å². The van der Waals surface area contributed by atoms with E-state index < -0.39 is 0 Å². The molecule has 0 aliphatic rings. The Morgan fingerprint density at radius 3 is 2.19 bits per heavy atom. The van der Waals surface area contributed by atoms with Gasteiger partial charge in [0.15, 0.2) is 0 Å². The van der Waals surface area contributed by atoms with Crippen LogP contribution in [0, 0.1) is 5.82 Å². The fourth-order valence-corrected chi connectivity index (χ4v) is 2.44. The number of nitrogens with zero attached hydrogens (tertiary/aromatic N) is 1. The first-order chi connectivity index (χ1) is 12.9. The molecule has 2 aromatic carbocycles. The molecule has 2 rings (SSSR count). The highest BCUT2D eigenvalue weighted by molar-refractivity contribution is 5.97. The second-order valence-electron chi connectivity index (χ2n) is 5.98. The average Bonchev–Trinajstić information content (AvgIpc) is 2.65. The number of rotatable bonds is 7. The molecule has 0 radical (unpaired) electrons. The Labute approximate surface area is 157 Å². The zero-order chi connectivity index (χ0) is 19.8. The molecule has 142 valence electrons. The fourth-order valence-electron chi connectivity index (χ4n) is 2.44. The van der Waals surface area contributed by atoms with Crippen LogP contribution >= 0.6 is 0 Å². The number of carbonyl (C=O) groups is 3. The van der Waals surface area contributed by atoms with Crippen molar-refractivity contribution >= 4 is 23.4 Å². The lowest BCUT2D eigenvalue weighted by molar-refractivity contribution is -0.122. The van der Waals surface area contributed by atoms with Gasteiger partial charge in [-0.25, -0.2) is 4.39 Å². The van der Waals surface area contributed by atoms with Crippen molar-refractivity contribution in [2.45, 2.75) is 20.4 Å². The first kappa shape index (κ1) is 20.1. The number of benzene rings is 2. The van der Waals surface area contributed by atoms with Crippen LogP contribution in [0.2, 0.25) is 0 Å². The molecule has 2 N–H and O–H groups in total. The van der Waals surface area contributed by atoms with Crippen LogP contribution in [-0.2, 0) is 16.1 Å². The lowest BCUT2D eigenvalue weighted by atomic mass is 10.1. The molecule has 0 spiro atoms. The Hall–Kier alpha value is -3.22. The molecule has 0 aromatic heterocycles. The number of anilines is 1. The molecule has 0 atom stereocenters. The van der Waals surface area contributed by atoms with E-state index in [0.29, 0.717) is 17.8 Å². The molecule has 0 saturated heterocycles. The van der Waals surface area contributed by atoms with E-state index in [1.54, 1.807) is 43.3 Å². The van der Waals surface area contributed by atoms with Gasteiger partial charge < -0.3 is 15.5 Å². The molecule has 7 heteroatoms. The van der Waals surface area contributed by atoms with Crippen molar-refractivity contribution in [1.29, 1.82) is 0 Å². The first-order valence-electron chi connectivity index (χ1n) is 8.57. The van der Waals surface area contributed by atoms with Gasteiger partial charge >= 0.3 is 0 Å². The van der Waals surface area contributed by atoms with Gasteiger partial charge in [-0.2, -0.15) is 0 Å². The third-order valence-corrected chi connectivity index (χ3v) is 3.86. The molecule has 0 saturated carbocycles. The summed E-state index contributed by atoms with van der Waals surface area (Å²) in [6, 6.07) is 12.3. The maximum atomic E-state index is 12.9. The quantitative estimate of drug-likeness (QED) is 0.785. The zero-order valence-electron chi connectivity index (χ0n) is 15.3. The number of amides is 3. The van der Waals surface area contributed by atoms with Crippen LogP contribution in [0.5, 0.6) is 0 Å². The lowest BCUT2D eigenvalue weighted by Crippen LogP contribution is -2.40. The third kappa shape index (κ3) is 6.22. The topological polar surface area (TPSA) is 78.5 Å². The van der Waals surface area contributed by atoms with Gasteiger partial charge in [0.2, 0.25) is 11.8 Å². The van der Waals surface area contributed by atoms with Crippen LogP contribution in [0.3, 0.4) is 0 Å². The van der Waals surface area contributed by atoms with Gasteiger partial charge in [0, 0.05) is 31.3 Å². The van der Waals surface area contributed by atoms with Gasteiger partial charge in [-0.1, -0.05) is 12.1 Å². The van der Waals surface area contributed by atoms with E-state index in [9.17, 15) is 18.8 Å². The van der Waals surface area contributed by atoms with Gasteiger partial charge in [-0.3, -0.25) is 14.4 Å². The predicted octanol–water partition coefficient (Wildman–Crippen LogP) is 2.56. The lowest BCUT2D eigenvalue weighted by Gasteiger charge is -2.20. The monoisotopic (exact) mass is 371 g/mol. The second-order valence-corrected chi connectivity index (χ2v) is 5.98. The molecule has 27 heavy (non-hydrogen) atoms. The Bertz CT molecular complexity index is 804. The molecule has 6 nitrogen and oxygen atoms in total. The molecule has 0 heterocycles. The van der Waals surface area contributed by atoms with Crippen LogP contribution in [0.15, 0.2) is 48.5 Å². The Morgan fingerprint density at radius 1 is 1.00 bits per heavy atom. The van der Waals surface area contributed by atoms with E-state index in [0.717, 1.165) is 5.56 Å². The van der Waals surface area contributed by atoms with E-state index in [1.165, 1.54) is 24.0 Å². The Morgan fingerprint density at radius 2 is 1.63 bits per heavy atom. The highest BCUT2D eigenvalue weighted by Crippen LogP contribution is 2.12. The number of nitrogens with one attached hydrogen (secondary N) is 2. The summed E-state index contributed by atoms with van der Waals surface area (Å²) in [7, 11) is 0. The summed E-state index contributed by atoms with van der Waals surface area (Å²) in [5, 5.41) is 5.35. The summed E-state index contributed by atoms with van der Waals surface area (Å²) < 4.78 is 12.9. The molecule has 0 unspecified atom stereocenters. The summed E-state index contributed by atoms with van der Waals surface area (Å²) in [4.78, 5) is 37.2. The van der Waals surface area contributed by atoms with Crippen molar-refractivity contribution in [2.24, 2.45) is 0 Å². The molecule has 2 aromatic rings.